The molecule has 2 heterocycles. The number of aryl methyl sites for hydroxylation is 1. The standard InChI is InChI=1S/C32H16Cl2F6N2O4/c1-13-3-5-15(23(7-13)31(35,36)37)16-6-4-14(8-24(16)32(38,39)40)42-29(45)20-10-18(26(34)12-22(20)30(42)46)17-9-19-21(11-25(17)33)28(44)41(2)27(19)43/h3-12H,1-2H3. The molecule has 0 radical (unpaired) electrons. The molecule has 0 unspecified atom stereocenters. The zero-order valence-corrected chi connectivity index (χ0v) is 24.8. The van der Waals surface area contributed by atoms with Gasteiger partial charge in [-0.05, 0) is 60.5 Å². The Hall–Kier alpha value is -4.68. The third-order valence-corrected chi connectivity index (χ3v) is 8.40. The van der Waals surface area contributed by atoms with Crippen molar-refractivity contribution in [2.24, 2.45) is 0 Å². The minimum atomic E-state index is -5.18. The Labute approximate surface area is 265 Å². The molecule has 4 aromatic carbocycles. The number of alkyl halides is 6. The van der Waals surface area contributed by atoms with E-state index in [-0.39, 0.29) is 49.0 Å². The highest BCUT2D eigenvalue weighted by Gasteiger charge is 2.42. The van der Waals surface area contributed by atoms with Crippen LogP contribution < -0.4 is 4.90 Å². The summed E-state index contributed by atoms with van der Waals surface area (Å²) in [6.07, 6.45) is -10.1. The molecule has 4 amide bonds. The SMILES string of the molecule is Cc1ccc(-c2ccc(N3C(=O)c4cc(Cl)c(-c5cc6c(cc5Cl)C(=O)N(C)C6=O)cc4C3=O)cc2C(F)(F)F)c(C(F)(F)F)c1. The summed E-state index contributed by atoms with van der Waals surface area (Å²) in [6, 6.07) is 9.95. The quantitative estimate of drug-likeness (QED) is 0.161. The molecule has 0 saturated carbocycles. The van der Waals surface area contributed by atoms with Crippen LogP contribution in [0.2, 0.25) is 10.0 Å². The molecule has 2 aliphatic heterocycles. The minimum Gasteiger partial charge on any atom is -0.277 e. The first-order valence-corrected chi connectivity index (χ1v) is 13.9. The second kappa shape index (κ2) is 10.4. The number of benzene rings is 4. The zero-order chi connectivity index (χ0) is 33.6. The zero-order valence-electron chi connectivity index (χ0n) is 23.3. The van der Waals surface area contributed by atoms with Gasteiger partial charge in [-0.2, -0.15) is 26.3 Å². The van der Waals surface area contributed by atoms with Crippen LogP contribution in [0.4, 0.5) is 32.0 Å². The van der Waals surface area contributed by atoms with Gasteiger partial charge in [0.05, 0.1) is 39.1 Å². The highest BCUT2D eigenvalue weighted by atomic mass is 35.5. The summed E-state index contributed by atoms with van der Waals surface area (Å²) >= 11 is 12.9. The van der Waals surface area contributed by atoms with Crippen LogP contribution in [0.5, 0.6) is 0 Å². The topological polar surface area (TPSA) is 74.8 Å². The molecule has 46 heavy (non-hydrogen) atoms. The lowest BCUT2D eigenvalue weighted by Gasteiger charge is -2.21. The van der Waals surface area contributed by atoms with Crippen LogP contribution in [0.1, 0.15) is 58.1 Å². The number of imide groups is 2. The van der Waals surface area contributed by atoms with Crippen molar-refractivity contribution in [1.82, 2.24) is 4.90 Å². The number of anilines is 1. The fourth-order valence-electron chi connectivity index (χ4n) is 5.56. The van der Waals surface area contributed by atoms with Gasteiger partial charge in [0.2, 0.25) is 0 Å². The van der Waals surface area contributed by atoms with Crippen molar-refractivity contribution < 1.29 is 45.5 Å². The number of fused-ring (bicyclic) bond motifs is 2. The fourth-order valence-corrected chi connectivity index (χ4v) is 6.09. The van der Waals surface area contributed by atoms with Crippen molar-refractivity contribution in [3.05, 3.63) is 110 Å². The van der Waals surface area contributed by atoms with Gasteiger partial charge in [0.25, 0.3) is 23.6 Å². The van der Waals surface area contributed by atoms with E-state index >= 15 is 0 Å². The first-order valence-electron chi connectivity index (χ1n) is 13.2. The summed E-state index contributed by atoms with van der Waals surface area (Å²) in [5.41, 5.74) is -4.86. The lowest BCUT2D eigenvalue weighted by Crippen LogP contribution is -2.29. The Bertz CT molecular complexity index is 2070. The highest BCUT2D eigenvalue weighted by Crippen LogP contribution is 2.46. The van der Waals surface area contributed by atoms with E-state index in [1.54, 1.807) is 0 Å². The van der Waals surface area contributed by atoms with Crippen LogP contribution in [0.25, 0.3) is 22.3 Å². The molecule has 0 saturated heterocycles. The van der Waals surface area contributed by atoms with E-state index in [1.165, 1.54) is 38.2 Å². The fraction of sp³-hybridized carbons (Fsp3) is 0.125. The average molecular weight is 677 g/mol. The van der Waals surface area contributed by atoms with Gasteiger partial charge in [0, 0.05) is 28.2 Å². The van der Waals surface area contributed by atoms with Gasteiger partial charge in [-0.15, -0.1) is 0 Å². The number of carbonyl (C=O) groups excluding carboxylic acids is 4. The Morgan fingerprint density at radius 3 is 1.43 bits per heavy atom. The summed E-state index contributed by atoms with van der Waals surface area (Å²) in [4.78, 5) is 53.2. The van der Waals surface area contributed by atoms with Crippen molar-refractivity contribution >= 4 is 52.5 Å². The van der Waals surface area contributed by atoms with E-state index in [0.717, 1.165) is 35.2 Å². The number of carbonyl (C=O) groups is 4. The van der Waals surface area contributed by atoms with Gasteiger partial charge in [0.1, 0.15) is 0 Å². The number of hydrogen-bond acceptors (Lipinski definition) is 4. The lowest BCUT2D eigenvalue weighted by molar-refractivity contribution is -0.139. The van der Waals surface area contributed by atoms with E-state index in [0.29, 0.717) is 11.0 Å². The van der Waals surface area contributed by atoms with Gasteiger partial charge in [-0.3, -0.25) is 24.1 Å². The lowest BCUT2D eigenvalue weighted by atomic mass is 9.93. The van der Waals surface area contributed by atoms with E-state index < -0.39 is 63.9 Å². The summed E-state index contributed by atoms with van der Waals surface area (Å²) in [7, 11) is 1.28. The first-order chi connectivity index (χ1) is 21.4. The molecule has 0 bridgehead atoms. The molecule has 14 heteroatoms. The van der Waals surface area contributed by atoms with E-state index in [4.69, 9.17) is 23.2 Å². The van der Waals surface area contributed by atoms with Gasteiger partial charge in [0.15, 0.2) is 0 Å². The number of rotatable bonds is 3. The van der Waals surface area contributed by atoms with Crippen LogP contribution in [0.15, 0.2) is 60.7 Å². The van der Waals surface area contributed by atoms with Crippen molar-refractivity contribution in [3.8, 4) is 22.3 Å². The molecular formula is C32H16Cl2F6N2O4. The molecule has 0 aliphatic carbocycles. The van der Waals surface area contributed by atoms with Crippen molar-refractivity contribution in [1.29, 1.82) is 0 Å². The molecule has 4 aromatic rings. The van der Waals surface area contributed by atoms with Crippen LogP contribution in [-0.4, -0.2) is 35.6 Å². The predicted molar refractivity (Wildman–Crippen MR) is 156 cm³/mol. The predicted octanol–water partition coefficient (Wildman–Crippen LogP) is 8.70. The summed E-state index contributed by atoms with van der Waals surface area (Å²) in [5.74, 6) is -3.24. The average Bonchev–Trinajstić information content (AvgIpc) is 3.34. The Kier molecular flexibility index (Phi) is 7.10. The van der Waals surface area contributed by atoms with Crippen LogP contribution in [-0.2, 0) is 12.4 Å². The van der Waals surface area contributed by atoms with Crippen LogP contribution in [0.3, 0.4) is 0 Å². The maximum Gasteiger partial charge on any atom is 0.417 e. The molecule has 2 aliphatic rings. The van der Waals surface area contributed by atoms with Crippen LogP contribution in [0, 0.1) is 6.92 Å². The Morgan fingerprint density at radius 2 is 0.935 bits per heavy atom. The third-order valence-electron chi connectivity index (χ3n) is 7.78. The minimum absolute atomic E-state index is 0.00887. The highest BCUT2D eigenvalue weighted by molar-refractivity contribution is 6.40. The Morgan fingerprint density at radius 1 is 0.522 bits per heavy atom. The first kappa shape index (κ1) is 31.3. The Balaban J connectivity index is 1.45. The largest absolute Gasteiger partial charge is 0.417 e. The molecule has 0 spiro atoms. The molecule has 234 valence electrons. The van der Waals surface area contributed by atoms with Crippen molar-refractivity contribution in [2.45, 2.75) is 19.3 Å². The molecule has 0 N–H and O–H groups in total. The summed E-state index contributed by atoms with van der Waals surface area (Å²) in [6.45, 7) is 1.37. The summed E-state index contributed by atoms with van der Waals surface area (Å²) in [5, 5.41) is -0.107. The molecule has 6 rings (SSSR count). The summed E-state index contributed by atoms with van der Waals surface area (Å²) < 4.78 is 84.4. The van der Waals surface area contributed by atoms with Gasteiger partial charge >= 0.3 is 12.4 Å². The normalized spacial score (nSPS) is 14.8. The molecule has 6 nitrogen and oxygen atoms in total. The van der Waals surface area contributed by atoms with E-state index in [1.807, 2.05) is 0 Å². The smallest absolute Gasteiger partial charge is 0.277 e. The number of hydrogen-bond donors (Lipinski definition) is 0. The van der Waals surface area contributed by atoms with Crippen molar-refractivity contribution in [3.63, 3.8) is 0 Å². The monoisotopic (exact) mass is 676 g/mol. The molecule has 0 fully saturated rings. The second-order valence-electron chi connectivity index (χ2n) is 10.6. The number of nitrogens with zero attached hydrogens (tertiary/aromatic N) is 2. The van der Waals surface area contributed by atoms with E-state index in [2.05, 4.69) is 0 Å². The molecule has 0 aromatic heterocycles. The maximum absolute atomic E-state index is 14.3. The van der Waals surface area contributed by atoms with Gasteiger partial charge < -0.3 is 0 Å². The van der Waals surface area contributed by atoms with E-state index in [9.17, 15) is 45.5 Å². The second-order valence-corrected chi connectivity index (χ2v) is 11.5. The van der Waals surface area contributed by atoms with Crippen LogP contribution >= 0.6 is 23.2 Å². The number of amides is 4. The maximum atomic E-state index is 14.3. The van der Waals surface area contributed by atoms with Crippen molar-refractivity contribution in [2.75, 3.05) is 11.9 Å². The van der Waals surface area contributed by atoms with Gasteiger partial charge in [-0.25, -0.2) is 4.90 Å². The molecular weight excluding hydrogens is 661 g/mol. The molecule has 0 atom stereocenters. The number of halogens is 8. The third kappa shape index (κ3) is 4.83. The van der Waals surface area contributed by atoms with Gasteiger partial charge in [-0.1, -0.05) is 47.0 Å².